The molecule has 20 heavy (non-hydrogen) atoms. The number of esters is 2. The van der Waals surface area contributed by atoms with Crippen LogP contribution in [0.2, 0.25) is 0 Å². The Kier molecular flexibility index (Phi) is 3.83. The van der Waals surface area contributed by atoms with Crippen molar-refractivity contribution in [2.24, 2.45) is 16.1 Å². The van der Waals surface area contributed by atoms with Crippen LogP contribution in [-0.2, 0) is 19.1 Å². The maximum absolute atomic E-state index is 12.1. The van der Waals surface area contributed by atoms with Crippen LogP contribution < -0.4 is 0 Å². The summed E-state index contributed by atoms with van der Waals surface area (Å²) < 4.78 is 9.56. The average molecular weight is 276 g/mol. The number of hydrogen-bond acceptors (Lipinski definition) is 6. The summed E-state index contributed by atoms with van der Waals surface area (Å²) >= 11 is 0. The van der Waals surface area contributed by atoms with Gasteiger partial charge in [0.05, 0.1) is 14.2 Å². The summed E-state index contributed by atoms with van der Waals surface area (Å²) in [5.74, 6) is -1.96. The van der Waals surface area contributed by atoms with E-state index in [1.165, 1.54) is 21.1 Å². The topological polar surface area (TPSA) is 77.3 Å². The van der Waals surface area contributed by atoms with E-state index in [1.807, 2.05) is 30.3 Å². The van der Waals surface area contributed by atoms with E-state index < -0.39 is 29.4 Å². The lowest BCUT2D eigenvalue weighted by Gasteiger charge is -2.25. The molecular weight excluding hydrogens is 260 g/mol. The van der Waals surface area contributed by atoms with Crippen LogP contribution in [0.5, 0.6) is 0 Å². The van der Waals surface area contributed by atoms with E-state index in [0.717, 1.165) is 5.56 Å². The van der Waals surface area contributed by atoms with Gasteiger partial charge in [-0.1, -0.05) is 30.3 Å². The lowest BCUT2D eigenvalue weighted by molar-refractivity contribution is -0.158. The summed E-state index contributed by atoms with van der Waals surface area (Å²) in [4.78, 5) is 24.0. The molecule has 0 N–H and O–H groups in total. The third-order valence-corrected chi connectivity index (χ3v) is 3.51. The molecule has 1 aromatic carbocycles. The molecule has 1 aliphatic rings. The fraction of sp³-hybridized carbons (Fsp3) is 0.429. The van der Waals surface area contributed by atoms with Crippen molar-refractivity contribution in [3.05, 3.63) is 35.9 Å². The number of ether oxygens (including phenoxy) is 2. The Balaban J connectivity index is 2.43. The monoisotopic (exact) mass is 276 g/mol. The van der Waals surface area contributed by atoms with Gasteiger partial charge in [-0.3, -0.25) is 4.79 Å². The third kappa shape index (κ3) is 2.17. The van der Waals surface area contributed by atoms with Gasteiger partial charge in [-0.15, -0.1) is 0 Å². The highest BCUT2D eigenvalue weighted by Crippen LogP contribution is 2.43. The van der Waals surface area contributed by atoms with Crippen molar-refractivity contribution < 1.29 is 19.1 Å². The standard InChI is InChI=1S/C14H16N2O4/c1-14(13(18)20-3)10(12(17)19-2)11(15-16-14)9-7-5-4-6-8-9/h4-8,10-11H,1-3H3/t10-,11-,14-/m0/s1. The maximum atomic E-state index is 12.1. The first kappa shape index (κ1) is 14.2. The average Bonchev–Trinajstić information content (AvgIpc) is 2.85. The Labute approximate surface area is 116 Å². The molecule has 0 spiro atoms. The summed E-state index contributed by atoms with van der Waals surface area (Å²) in [6.07, 6.45) is 0. The molecule has 0 aromatic heterocycles. The van der Waals surface area contributed by atoms with E-state index in [0.29, 0.717) is 0 Å². The minimum absolute atomic E-state index is 0.531. The normalized spacial score (nSPS) is 28.1. The molecular formula is C14H16N2O4. The van der Waals surface area contributed by atoms with Crippen molar-refractivity contribution in [1.29, 1.82) is 0 Å². The molecule has 1 aliphatic heterocycles. The molecule has 0 amide bonds. The van der Waals surface area contributed by atoms with E-state index in [9.17, 15) is 9.59 Å². The summed E-state index contributed by atoms with van der Waals surface area (Å²) in [5, 5.41) is 8.10. The number of nitrogens with zero attached hydrogens (tertiary/aromatic N) is 2. The fourth-order valence-corrected chi connectivity index (χ4v) is 2.39. The largest absolute Gasteiger partial charge is 0.469 e. The third-order valence-electron chi connectivity index (χ3n) is 3.51. The van der Waals surface area contributed by atoms with Crippen LogP contribution in [0, 0.1) is 5.92 Å². The number of carbonyl (C=O) groups is 2. The second-order valence-corrected chi connectivity index (χ2v) is 4.71. The van der Waals surface area contributed by atoms with Crippen molar-refractivity contribution in [2.45, 2.75) is 18.5 Å². The van der Waals surface area contributed by atoms with Gasteiger partial charge in [0.1, 0.15) is 12.0 Å². The summed E-state index contributed by atoms with van der Waals surface area (Å²) in [6.45, 7) is 1.53. The second-order valence-electron chi connectivity index (χ2n) is 4.71. The van der Waals surface area contributed by atoms with E-state index in [4.69, 9.17) is 9.47 Å². The van der Waals surface area contributed by atoms with E-state index in [2.05, 4.69) is 10.2 Å². The highest BCUT2D eigenvalue weighted by Gasteiger charge is 2.56. The van der Waals surface area contributed by atoms with Gasteiger partial charge in [0.15, 0.2) is 5.54 Å². The molecule has 0 saturated carbocycles. The van der Waals surface area contributed by atoms with Crippen LogP contribution in [0.3, 0.4) is 0 Å². The maximum Gasteiger partial charge on any atom is 0.336 e. The van der Waals surface area contributed by atoms with Crippen molar-refractivity contribution in [3.63, 3.8) is 0 Å². The molecule has 0 bridgehead atoms. The van der Waals surface area contributed by atoms with Gasteiger partial charge < -0.3 is 9.47 Å². The van der Waals surface area contributed by atoms with Gasteiger partial charge in [-0.05, 0) is 12.5 Å². The first-order valence-corrected chi connectivity index (χ1v) is 6.17. The van der Waals surface area contributed by atoms with E-state index in [1.54, 1.807) is 0 Å². The Bertz CT molecular complexity index is 543. The minimum atomic E-state index is -1.36. The minimum Gasteiger partial charge on any atom is -0.469 e. The van der Waals surface area contributed by atoms with Crippen molar-refractivity contribution >= 4 is 11.9 Å². The van der Waals surface area contributed by atoms with Gasteiger partial charge >= 0.3 is 11.9 Å². The SMILES string of the molecule is COC(=O)[C@@H]1[C@H](c2ccccc2)N=N[C@]1(C)C(=O)OC. The molecule has 0 unspecified atom stereocenters. The Morgan fingerprint density at radius 2 is 1.80 bits per heavy atom. The van der Waals surface area contributed by atoms with Gasteiger partial charge in [-0.25, -0.2) is 4.79 Å². The zero-order chi connectivity index (χ0) is 14.8. The number of carbonyl (C=O) groups excluding carboxylic acids is 2. The Hall–Kier alpha value is -2.24. The molecule has 0 radical (unpaired) electrons. The first-order valence-electron chi connectivity index (χ1n) is 6.17. The number of methoxy groups -OCH3 is 2. The first-order chi connectivity index (χ1) is 9.54. The summed E-state index contributed by atoms with van der Waals surface area (Å²) in [6, 6.07) is 8.67. The molecule has 2 rings (SSSR count). The van der Waals surface area contributed by atoms with Crippen LogP contribution in [0.15, 0.2) is 40.6 Å². The van der Waals surface area contributed by atoms with Crippen LogP contribution in [0.4, 0.5) is 0 Å². The lowest BCUT2D eigenvalue weighted by Crippen LogP contribution is -2.45. The van der Waals surface area contributed by atoms with Crippen LogP contribution in [0.25, 0.3) is 0 Å². The predicted molar refractivity (Wildman–Crippen MR) is 70.0 cm³/mol. The smallest absolute Gasteiger partial charge is 0.336 e. The molecule has 106 valence electrons. The zero-order valence-electron chi connectivity index (χ0n) is 11.6. The van der Waals surface area contributed by atoms with Gasteiger partial charge in [0.2, 0.25) is 0 Å². The number of benzene rings is 1. The highest BCUT2D eigenvalue weighted by molar-refractivity contribution is 5.89. The molecule has 6 heteroatoms. The number of rotatable bonds is 3. The van der Waals surface area contributed by atoms with Crippen LogP contribution in [0.1, 0.15) is 18.5 Å². The molecule has 0 aliphatic carbocycles. The molecule has 1 aromatic rings. The predicted octanol–water partition coefficient (Wildman–Crippen LogP) is 1.91. The van der Waals surface area contributed by atoms with Crippen LogP contribution >= 0.6 is 0 Å². The van der Waals surface area contributed by atoms with Gasteiger partial charge in [0.25, 0.3) is 0 Å². The van der Waals surface area contributed by atoms with E-state index >= 15 is 0 Å². The van der Waals surface area contributed by atoms with Crippen molar-refractivity contribution in [1.82, 2.24) is 0 Å². The zero-order valence-corrected chi connectivity index (χ0v) is 11.6. The second kappa shape index (κ2) is 5.40. The quantitative estimate of drug-likeness (QED) is 0.790. The lowest BCUT2D eigenvalue weighted by atomic mass is 9.80. The number of azo groups is 1. The molecule has 6 nitrogen and oxygen atoms in total. The van der Waals surface area contributed by atoms with Gasteiger partial charge in [-0.2, -0.15) is 10.2 Å². The van der Waals surface area contributed by atoms with Crippen LogP contribution in [-0.4, -0.2) is 31.7 Å². The summed E-state index contributed by atoms with van der Waals surface area (Å²) in [5.41, 5.74) is -0.554. The molecule has 3 atom stereocenters. The van der Waals surface area contributed by atoms with Crippen molar-refractivity contribution in [3.8, 4) is 0 Å². The Morgan fingerprint density at radius 3 is 2.35 bits per heavy atom. The van der Waals surface area contributed by atoms with Gasteiger partial charge in [0, 0.05) is 0 Å². The summed E-state index contributed by atoms with van der Waals surface area (Å²) in [7, 11) is 2.54. The number of hydrogen-bond donors (Lipinski definition) is 0. The fourth-order valence-electron chi connectivity index (χ4n) is 2.39. The van der Waals surface area contributed by atoms with E-state index in [-0.39, 0.29) is 0 Å². The highest BCUT2D eigenvalue weighted by atomic mass is 16.5. The van der Waals surface area contributed by atoms with Crippen molar-refractivity contribution in [2.75, 3.05) is 14.2 Å². The Morgan fingerprint density at radius 1 is 1.15 bits per heavy atom. The molecule has 0 saturated heterocycles. The molecule has 1 heterocycles. The molecule has 0 fully saturated rings.